The van der Waals surface area contributed by atoms with E-state index in [0.29, 0.717) is 57.6 Å². The minimum absolute atomic E-state index is 0.0330. The summed E-state index contributed by atoms with van der Waals surface area (Å²) in [5, 5.41) is 17.4. The molecule has 0 unspecified atom stereocenters. The van der Waals surface area contributed by atoms with Gasteiger partial charge < -0.3 is 52.3 Å². The number of nitrogens with one attached hydrogen (secondary N) is 6. The Balaban J connectivity index is 1.80. The number of aliphatic imine (C=N–C) groups is 1. The lowest BCUT2D eigenvalue weighted by atomic mass is 9.95. The van der Waals surface area contributed by atoms with Crippen molar-refractivity contribution < 1.29 is 38.4 Å². The smallest absolute Gasteiger partial charge is 0.246 e. The average Bonchev–Trinajstić information content (AvgIpc) is 4.07. The van der Waals surface area contributed by atoms with Crippen molar-refractivity contribution in [1.29, 1.82) is 0 Å². The van der Waals surface area contributed by atoms with Crippen LogP contribution in [0.1, 0.15) is 140 Å². The number of carbonyl (C=O) groups excluding carboxylic acids is 8. The van der Waals surface area contributed by atoms with Crippen LogP contribution in [0.5, 0.6) is 0 Å². The van der Waals surface area contributed by atoms with Gasteiger partial charge in [0.05, 0.1) is 0 Å². The lowest BCUT2D eigenvalue weighted by Crippen LogP contribution is -2.63. The van der Waals surface area contributed by atoms with Gasteiger partial charge in [0.1, 0.15) is 48.3 Å². The van der Waals surface area contributed by atoms with Gasteiger partial charge in [0, 0.05) is 39.1 Å². The molecular formula is C57H91N11O8. The van der Waals surface area contributed by atoms with E-state index < -0.39 is 113 Å². The SMILES string of the molecule is CC[C@H](C)[C@@H]1NC(=O)[C@H](Cc2ccccc2)NC(=O)[C@H](C(C)C)NC(=O)[C@H](CCCN=C(N)N(CC=C(C)C)CC=C(C)C)NC(=O)[C@@H]2CCCN2C(=O)[C@@H]2CCCN2C(=O)[C@H](CC(C)C)NC(=O)[C@H](C(C)C)NC1=O. The Bertz CT molecular complexity index is 2240. The van der Waals surface area contributed by atoms with Crippen LogP contribution in [-0.2, 0) is 44.8 Å². The van der Waals surface area contributed by atoms with Gasteiger partial charge >= 0.3 is 0 Å². The van der Waals surface area contributed by atoms with Crippen LogP contribution in [0, 0.1) is 23.7 Å². The second-order valence-corrected chi connectivity index (χ2v) is 22.6. The first kappa shape index (κ1) is 62.3. The third-order valence-corrected chi connectivity index (χ3v) is 14.5. The van der Waals surface area contributed by atoms with Gasteiger partial charge in [-0.2, -0.15) is 0 Å². The summed E-state index contributed by atoms with van der Waals surface area (Å²) >= 11 is 0. The van der Waals surface area contributed by atoms with Crippen LogP contribution in [0.4, 0.5) is 0 Å². The zero-order valence-electron chi connectivity index (χ0n) is 47.5. The molecule has 0 aliphatic carbocycles. The van der Waals surface area contributed by atoms with E-state index in [4.69, 9.17) is 5.73 Å². The largest absolute Gasteiger partial charge is 0.370 e. The molecule has 422 valence electrons. The fourth-order valence-corrected chi connectivity index (χ4v) is 9.75. The number of fused-ring (bicyclic) bond motifs is 2. The van der Waals surface area contributed by atoms with E-state index in [-0.39, 0.29) is 44.8 Å². The summed E-state index contributed by atoms with van der Waals surface area (Å²) < 4.78 is 0. The van der Waals surface area contributed by atoms with Gasteiger partial charge in [-0.1, -0.05) is 115 Å². The molecule has 0 saturated carbocycles. The number of benzene rings is 1. The Labute approximate surface area is 452 Å². The molecule has 1 aromatic carbocycles. The molecule has 8 N–H and O–H groups in total. The Morgan fingerprint density at radius 3 is 1.66 bits per heavy atom. The second kappa shape index (κ2) is 29.9. The predicted octanol–water partition coefficient (Wildman–Crippen LogP) is 3.87. The van der Waals surface area contributed by atoms with Gasteiger partial charge in [-0.25, -0.2) is 0 Å². The third-order valence-electron chi connectivity index (χ3n) is 14.5. The number of carbonyl (C=O) groups is 8. The summed E-state index contributed by atoms with van der Waals surface area (Å²) in [4.78, 5) is 126. The maximum atomic E-state index is 14.7. The molecule has 0 spiro atoms. The normalized spacial score (nSPS) is 25.4. The molecule has 0 aromatic heterocycles. The molecular weight excluding hydrogens is 967 g/mol. The van der Waals surface area contributed by atoms with E-state index in [1.807, 2.05) is 71.6 Å². The molecule has 9 atom stereocenters. The molecule has 3 saturated heterocycles. The number of rotatable bonds is 16. The van der Waals surface area contributed by atoms with Crippen LogP contribution >= 0.6 is 0 Å². The van der Waals surface area contributed by atoms with Crippen molar-refractivity contribution in [2.24, 2.45) is 34.4 Å². The molecule has 76 heavy (non-hydrogen) atoms. The summed E-state index contributed by atoms with van der Waals surface area (Å²) in [6.45, 7) is 24.4. The zero-order valence-corrected chi connectivity index (χ0v) is 47.5. The number of nitrogens with two attached hydrogens (primary N) is 1. The quantitative estimate of drug-likeness (QED) is 0.0545. The third kappa shape index (κ3) is 18.2. The van der Waals surface area contributed by atoms with Crippen molar-refractivity contribution in [1.82, 2.24) is 46.6 Å². The van der Waals surface area contributed by atoms with Crippen molar-refractivity contribution in [2.75, 3.05) is 32.7 Å². The van der Waals surface area contributed by atoms with Crippen molar-refractivity contribution in [3.8, 4) is 0 Å². The number of amides is 8. The average molecular weight is 1060 g/mol. The van der Waals surface area contributed by atoms with Crippen LogP contribution in [-0.4, -0.2) is 149 Å². The molecule has 3 heterocycles. The van der Waals surface area contributed by atoms with Gasteiger partial charge in [-0.05, 0) is 102 Å². The molecule has 1 aromatic rings. The highest BCUT2D eigenvalue weighted by atomic mass is 16.2. The minimum atomic E-state index is -1.22. The van der Waals surface area contributed by atoms with E-state index in [1.54, 1.807) is 46.8 Å². The summed E-state index contributed by atoms with van der Waals surface area (Å²) in [5.41, 5.74) is 9.50. The molecule has 4 rings (SSSR count). The van der Waals surface area contributed by atoms with Crippen molar-refractivity contribution in [2.45, 2.75) is 189 Å². The van der Waals surface area contributed by atoms with Gasteiger partial charge in [0.2, 0.25) is 47.3 Å². The highest BCUT2D eigenvalue weighted by molar-refractivity contribution is 5.99. The summed E-state index contributed by atoms with van der Waals surface area (Å²) in [7, 11) is 0. The molecule has 0 radical (unpaired) electrons. The van der Waals surface area contributed by atoms with Crippen LogP contribution < -0.4 is 37.6 Å². The van der Waals surface area contributed by atoms with E-state index in [9.17, 15) is 38.4 Å². The molecule has 8 amide bonds. The number of hydrogen-bond donors (Lipinski definition) is 7. The number of allylic oxidation sites excluding steroid dienone is 2. The summed E-state index contributed by atoms with van der Waals surface area (Å²) in [6, 6.07) is 0.304. The summed E-state index contributed by atoms with van der Waals surface area (Å²) in [5.74, 6) is -5.68. The topological polar surface area (TPSA) is 257 Å². The highest BCUT2D eigenvalue weighted by Crippen LogP contribution is 2.27. The van der Waals surface area contributed by atoms with Crippen molar-refractivity contribution in [3.05, 3.63) is 59.2 Å². The monoisotopic (exact) mass is 1060 g/mol. The van der Waals surface area contributed by atoms with E-state index in [1.165, 1.54) is 9.80 Å². The maximum Gasteiger partial charge on any atom is 0.246 e. The lowest BCUT2D eigenvalue weighted by molar-refractivity contribution is -0.148. The molecule has 3 aliphatic heterocycles. The van der Waals surface area contributed by atoms with Crippen molar-refractivity contribution >= 4 is 53.2 Å². The Kier molecular flexibility index (Phi) is 24.5. The van der Waals surface area contributed by atoms with Gasteiger partial charge in [-0.15, -0.1) is 0 Å². The maximum absolute atomic E-state index is 14.7. The molecule has 3 fully saturated rings. The standard InChI is InChI=1S/C57H91N11O8/c1-13-39(12)48-54(74)64-47(38(10)11)53(73)62-43(32-36(6)7)55(75)68-29-19-24-45(68)56(76)67-28-18-23-44(67)51(71)60-41(22-17-27-59-57(58)66(30-25-34(2)3)31-26-35(4)5)49(69)63-46(37(8)9)52(72)61-42(50(70)65-48)33-40-20-15-14-16-21-40/h14-16,20-21,25-26,36-39,41-48H,13,17-19,22-24,27-33H2,1-12H3,(H2,58,59)(H,60,71)(H,61,72)(H,62,73)(H,63,69)(H,64,74)(H,65,70)/t39-,41-,42-,43-,44-,45-,46-,47-,48-/m0/s1. The van der Waals surface area contributed by atoms with Crippen LogP contribution in [0.3, 0.4) is 0 Å². The van der Waals surface area contributed by atoms with E-state index in [0.717, 1.165) is 16.7 Å². The highest BCUT2D eigenvalue weighted by Gasteiger charge is 2.45. The lowest BCUT2D eigenvalue weighted by Gasteiger charge is -2.34. The Morgan fingerprint density at radius 1 is 0.632 bits per heavy atom. The first-order valence-electron chi connectivity index (χ1n) is 27.7. The Morgan fingerprint density at radius 2 is 1.12 bits per heavy atom. The molecule has 3 aliphatic rings. The molecule has 19 nitrogen and oxygen atoms in total. The number of nitrogens with zero attached hydrogens (tertiary/aromatic N) is 4. The van der Waals surface area contributed by atoms with Gasteiger partial charge in [0.25, 0.3) is 0 Å². The molecule has 19 heteroatoms. The number of hydrogen-bond acceptors (Lipinski definition) is 9. The van der Waals surface area contributed by atoms with E-state index in [2.05, 4.69) is 49.0 Å². The first-order chi connectivity index (χ1) is 35.9. The van der Waals surface area contributed by atoms with Gasteiger partial charge in [0.15, 0.2) is 5.96 Å². The van der Waals surface area contributed by atoms with E-state index >= 15 is 0 Å². The minimum Gasteiger partial charge on any atom is -0.370 e. The second-order valence-electron chi connectivity index (χ2n) is 22.6. The van der Waals surface area contributed by atoms with Gasteiger partial charge in [-0.3, -0.25) is 43.3 Å². The predicted molar refractivity (Wildman–Crippen MR) is 296 cm³/mol. The molecule has 0 bridgehead atoms. The first-order valence-corrected chi connectivity index (χ1v) is 27.7. The van der Waals surface area contributed by atoms with Crippen LogP contribution in [0.15, 0.2) is 58.6 Å². The van der Waals surface area contributed by atoms with Crippen molar-refractivity contribution in [3.63, 3.8) is 0 Å². The van der Waals surface area contributed by atoms with Crippen LogP contribution in [0.25, 0.3) is 0 Å². The zero-order chi connectivity index (χ0) is 56.4. The summed E-state index contributed by atoms with van der Waals surface area (Å²) in [6.07, 6.45) is 6.95. The fraction of sp³-hybridized carbons (Fsp3) is 0.667. The number of guanidine groups is 1. The Hall–Kier alpha value is -6.27. The fourth-order valence-electron chi connectivity index (χ4n) is 9.75. The van der Waals surface area contributed by atoms with Crippen LogP contribution in [0.2, 0.25) is 0 Å².